The van der Waals surface area contributed by atoms with Crippen LogP contribution in [0.4, 0.5) is 4.79 Å². The normalized spacial score (nSPS) is 18.5. The van der Waals surface area contributed by atoms with E-state index in [4.69, 9.17) is 14.0 Å². The fourth-order valence-electron chi connectivity index (χ4n) is 2.82. The Labute approximate surface area is 174 Å². The Morgan fingerprint density at radius 2 is 1.76 bits per heavy atom. The molecule has 29 heavy (non-hydrogen) atoms. The molecule has 2 rings (SSSR count). The molecular formula is C22H32BNO5. The number of hydrogen-bond donors (Lipinski definition) is 1. The van der Waals surface area contributed by atoms with Gasteiger partial charge in [0.05, 0.1) is 11.2 Å². The average Bonchev–Trinajstić information content (AvgIpc) is 2.78. The number of aryl methyl sites for hydroxylation is 1. The zero-order valence-electron chi connectivity index (χ0n) is 18.7. The lowest BCUT2D eigenvalue weighted by atomic mass is 9.76. The van der Waals surface area contributed by atoms with Gasteiger partial charge in [0.25, 0.3) is 0 Å². The minimum atomic E-state index is -0.611. The molecule has 0 bridgehead atoms. The van der Waals surface area contributed by atoms with E-state index in [1.807, 2.05) is 73.6 Å². The predicted molar refractivity (Wildman–Crippen MR) is 115 cm³/mol. The molecule has 0 saturated carbocycles. The van der Waals surface area contributed by atoms with Crippen LogP contribution in [0.15, 0.2) is 23.7 Å². The minimum absolute atomic E-state index is 0.209. The molecule has 1 heterocycles. The number of benzene rings is 1. The van der Waals surface area contributed by atoms with Crippen molar-refractivity contribution in [2.75, 3.05) is 6.54 Å². The van der Waals surface area contributed by atoms with E-state index in [2.05, 4.69) is 5.32 Å². The Kier molecular flexibility index (Phi) is 6.65. The number of nitrogens with one attached hydrogen (secondary N) is 1. The van der Waals surface area contributed by atoms with Crippen molar-refractivity contribution in [3.05, 3.63) is 40.4 Å². The summed E-state index contributed by atoms with van der Waals surface area (Å²) in [5.41, 5.74) is 1.66. The van der Waals surface area contributed by atoms with Crippen LogP contribution in [0.1, 0.15) is 70.0 Å². The highest BCUT2D eigenvalue weighted by atomic mass is 16.7. The van der Waals surface area contributed by atoms with E-state index >= 15 is 0 Å². The first-order chi connectivity index (χ1) is 13.2. The molecule has 158 valence electrons. The Morgan fingerprint density at radius 3 is 2.24 bits per heavy atom. The number of hydrogen-bond acceptors (Lipinski definition) is 5. The van der Waals surface area contributed by atoms with Crippen LogP contribution < -0.4 is 5.32 Å². The van der Waals surface area contributed by atoms with Gasteiger partial charge in [0.15, 0.2) is 0 Å². The molecular weight excluding hydrogens is 369 g/mol. The molecule has 6 nitrogen and oxygen atoms in total. The molecule has 1 saturated heterocycles. The summed E-state index contributed by atoms with van der Waals surface area (Å²) in [6.07, 6.45) is 2.25. The maximum atomic E-state index is 12.2. The number of carbonyl (C=O) groups excluding carboxylic acids is 2. The first-order valence-corrected chi connectivity index (χ1v) is 9.83. The predicted octanol–water partition coefficient (Wildman–Crippen LogP) is 4.35. The highest BCUT2D eigenvalue weighted by Gasteiger charge is 2.52. The van der Waals surface area contributed by atoms with Crippen molar-refractivity contribution in [2.24, 2.45) is 0 Å². The van der Waals surface area contributed by atoms with Crippen LogP contribution in [0.2, 0.25) is 0 Å². The van der Waals surface area contributed by atoms with Crippen LogP contribution in [0, 0.1) is 6.92 Å². The molecule has 0 radical (unpaired) electrons. The number of rotatable bonds is 5. The summed E-state index contributed by atoms with van der Waals surface area (Å²) in [6, 6.07) is 5.45. The molecule has 7 heteroatoms. The van der Waals surface area contributed by atoms with E-state index < -0.39 is 30.0 Å². The van der Waals surface area contributed by atoms with Crippen molar-refractivity contribution in [2.45, 2.75) is 72.2 Å². The van der Waals surface area contributed by atoms with Gasteiger partial charge in [-0.3, -0.25) is 4.79 Å². The van der Waals surface area contributed by atoms with Gasteiger partial charge in [0.1, 0.15) is 11.9 Å². The molecule has 0 spiro atoms. The second-order valence-electron chi connectivity index (χ2n) is 9.40. The maximum Gasteiger partial charge on any atom is 0.492 e. The summed E-state index contributed by atoms with van der Waals surface area (Å²) in [4.78, 5) is 23.2. The fraction of sp³-hybridized carbons (Fsp3) is 0.545. The fourth-order valence-corrected chi connectivity index (χ4v) is 2.82. The molecule has 0 atom stereocenters. The second-order valence-corrected chi connectivity index (χ2v) is 9.40. The van der Waals surface area contributed by atoms with Gasteiger partial charge in [-0.2, -0.15) is 0 Å². The summed E-state index contributed by atoms with van der Waals surface area (Å²) in [7, 11) is -0.611. The molecule has 1 fully saturated rings. The Bertz CT molecular complexity index is 792. The van der Waals surface area contributed by atoms with Crippen LogP contribution in [0.5, 0.6) is 0 Å². The van der Waals surface area contributed by atoms with Crippen molar-refractivity contribution < 1.29 is 23.6 Å². The molecule has 0 unspecified atom stereocenters. The minimum Gasteiger partial charge on any atom is -0.444 e. The molecule has 0 aliphatic carbocycles. The highest BCUT2D eigenvalue weighted by molar-refractivity contribution is 6.56. The zero-order chi connectivity index (χ0) is 22.0. The number of alkyl carbamates (subject to hydrolysis) is 1. The molecule has 1 aromatic rings. The largest absolute Gasteiger partial charge is 0.492 e. The molecule has 1 N–H and O–H groups in total. The lowest BCUT2D eigenvalue weighted by molar-refractivity contribution is 0.00578. The van der Waals surface area contributed by atoms with Crippen LogP contribution in [-0.4, -0.2) is 42.8 Å². The van der Waals surface area contributed by atoms with Gasteiger partial charge in [-0.05, 0) is 78.1 Å². The second kappa shape index (κ2) is 8.32. The third kappa shape index (κ3) is 5.93. The average molecular weight is 401 g/mol. The van der Waals surface area contributed by atoms with Gasteiger partial charge in [-0.25, -0.2) is 4.79 Å². The van der Waals surface area contributed by atoms with Gasteiger partial charge in [0.2, 0.25) is 0 Å². The van der Waals surface area contributed by atoms with Gasteiger partial charge in [-0.1, -0.05) is 18.2 Å². The highest BCUT2D eigenvalue weighted by Crippen LogP contribution is 2.38. The van der Waals surface area contributed by atoms with Gasteiger partial charge in [0, 0.05) is 12.1 Å². The lowest BCUT2D eigenvalue weighted by Crippen LogP contribution is -2.41. The molecule has 1 amide bonds. The quantitative estimate of drug-likeness (QED) is 0.587. The molecule has 1 aliphatic rings. The standard InChI is InChI=1S/C22H32BNO5/c1-15-11-16(14-25)9-10-17(15)12-18(13-24-19(26)27-20(2,3)4)23-28-21(5,6)22(7,8)29-23/h9-12,14H,13H2,1-8H3,(H,24,26). The molecule has 0 aromatic heterocycles. The Balaban J connectivity index is 2.31. The zero-order valence-corrected chi connectivity index (χ0v) is 18.7. The maximum absolute atomic E-state index is 12.2. The third-order valence-corrected chi connectivity index (χ3v) is 5.16. The van der Waals surface area contributed by atoms with Crippen molar-refractivity contribution in [1.82, 2.24) is 5.32 Å². The summed E-state index contributed by atoms with van der Waals surface area (Å²) in [6.45, 7) is 15.5. The van der Waals surface area contributed by atoms with E-state index in [1.165, 1.54) is 0 Å². The lowest BCUT2D eigenvalue weighted by Gasteiger charge is -2.32. The topological polar surface area (TPSA) is 73.9 Å². The van der Waals surface area contributed by atoms with E-state index in [9.17, 15) is 9.59 Å². The summed E-state index contributed by atoms with van der Waals surface area (Å²) >= 11 is 0. The summed E-state index contributed by atoms with van der Waals surface area (Å²) < 4.78 is 17.7. The summed E-state index contributed by atoms with van der Waals surface area (Å²) in [5.74, 6) is 0. The Morgan fingerprint density at radius 1 is 1.17 bits per heavy atom. The van der Waals surface area contributed by atoms with Crippen molar-refractivity contribution in [3.8, 4) is 0 Å². The number of carbonyl (C=O) groups is 2. The van der Waals surface area contributed by atoms with Gasteiger partial charge in [-0.15, -0.1) is 0 Å². The number of aldehydes is 1. The van der Waals surface area contributed by atoms with Crippen LogP contribution in [-0.2, 0) is 14.0 Å². The van der Waals surface area contributed by atoms with Gasteiger partial charge >= 0.3 is 13.2 Å². The monoisotopic (exact) mass is 401 g/mol. The van der Waals surface area contributed by atoms with Crippen molar-refractivity contribution >= 4 is 25.6 Å². The van der Waals surface area contributed by atoms with Crippen LogP contribution in [0.25, 0.3) is 6.08 Å². The first kappa shape index (κ1) is 23.2. The van der Waals surface area contributed by atoms with Crippen molar-refractivity contribution in [3.63, 3.8) is 0 Å². The molecule has 1 aromatic carbocycles. The number of amides is 1. The smallest absolute Gasteiger partial charge is 0.444 e. The van der Waals surface area contributed by atoms with E-state index in [0.717, 1.165) is 22.9 Å². The Hall–Kier alpha value is -2.12. The van der Waals surface area contributed by atoms with E-state index in [-0.39, 0.29) is 6.54 Å². The summed E-state index contributed by atoms with van der Waals surface area (Å²) in [5, 5.41) is 2.79. The van der Waals surface area contributed by atoms with Crippen LogP contribution in [0.3, 0.4) is 0 Å². The van der Waals surface area contributed by atoms with Crippen LogP contribution >= 0.6 is 0 Å². The number of ether oxygens (including phenoxy) is 1. The molecule has 1 aliphatic heterocycles. The van der Waals surface area contributed by atoms with Crippen molar-refractivity contribution in [1.29, 1.82) is 0 Å². The van der Waals surface area contributed by atoms with E-state index in [0.29, 0.717) is 5.56 Å². The SMILES string of the molecule is Cc1cc(C=O)ccc1C=C(CNC(=O)OC(C)(C)C)B1OC(C)(C)C(C)(C)O1. The van der Waals surface area contributed by atoms with E-state index in [1.54, 1.807) is 6.07 Å². The van der Waals surface area contributed by atoms with Gasteiger partial charge < -0.3 is 19.4 Å². The first-order valence-electron chi connectivity index (χ1n) is 9.83. The third-order valence-electron chi connectivity index (χ3n) is 5.16.